The topological polar surface area (TPSA) is 23.8 Å². The molecule has 0 spiro atoms. The van der Waals surface area contributed by atoms with Crippen molar-refractivity contribution in [1.82, 2.24) is 0 Å². The van der Waals surface area contributed by atoms with Crippen molar-refractivity contribution in [3.8, 4) is 0 Å². The van der Waals surface area contributed by atoms with Crippen LogP contribution < -0.4 is 0 Å². The molecule has 13 heavy (non-hydrogen) atoms. The molecule has 4 heteroatoms. The Bertz CT molecular complexity index is 124. The van der Waals surface area contributed by atoms with E-state index in [1.807, 2.05) is 25.2 Å². The molecule has 0 radical (unpaired) electrons. The number of hydrogen-bond donors (Lipinski definition) is 0. The van der Waals surface area contributed by atoms with Gasteiger partial charge in [0.15, 0.2) is 0 Å². The molecule has 0 aromatic carbocycles. The Labute approximate surface area is 113 Å². The van der Waals surface area contributed by atoms with E-state index in [1.54, 1.807) is 0 Å². The van der Waals surface area contributed by atoms with E-state index in [-0.39, 0.29) is 17.1 Å². The van der Waals surface area contributed by atoms with Crippen molar-refractivity contribution in [3.05, 3.63) is 37.8 Å². The van der Waals surface area contributed by atoms with E-state index in [4.69, 9.17) is 11.8 Å². The third-order valence-corrected chi connectivity index (χ3v) is 0.810. The molecule has 0 saturated heterocycles. The van der Waals surface area contributed by atoms with Gasteiger partial charge in [-0.25, -0.2) is 0 Å². The number of nitrogens with zero attached hydrogens (tertiary/aromatic N) is 1. The normalized spacial score (nSPS) is 7.92. The molecule has 0 aliphatic heterocycles. The molecule has 0 aliphatic rings. The summed E-state index contributed by atoms with van der Waals surface area (Å²) < 4.78 is 0. The Morgan fingerprint density at radius 2 is 1.85 bits per heavy atom. The van der Waals surface area contributed by atoms with Crippen molar-refractivity contribution in [2.45, 2.75) is 19.8 Å². The van der Waals surface area contributed by atoms with Gasteiger partial charge >= 0.3 is 51.6 Å². The van der Waals surface area contributed by atoms with Crippen molar-refractivity contribution >= 4 is 19.8 Å². The first kappa shape index (κ1) is 23.6. The fourth-order valence-electron chi connectivity index (χ4n) is 0.404. The van der Waals surface area contributed by atoms with Crippen LogP contribution in [0.25, 0.3) is 0 Å². The maximum absolute atomic E-state index is 6.25. The first-order valence-electron chi connectivity index (χ1n) is 3.48. The molecule has 0 N–H and O–H groups in total. The molecule has 0 atom stereocenters. The van der Waals surface area contributed by atoms with Gasteiger partial charge in [0.05, 0.1) is 0 Å². The second-order valence-corrected chi connectivity index (χ2v) is 1.60. The fourth-order valence-corrected chi connectivity index (χ4v) is 0.404. The van der Waals surface area contributed by atoms with Crippen LogP contribution in [-0.4, -0.2) is 0 Å². The third-order valence-electron chi connectivity index (χ3n) is 0.810. The number of halogens is 1. The molecule has 0 aliphatic carbocycles. The van der Waals surface area contributed by atoms with Crippen molar-refractivity contribution < 1.29 is 31.9 Å². The molecule has 1 nitrogen and oxygen atoms in total. The average Bonchev–Trinajstić information content (AvgIpc) is 2.19. The molecule has 0 amide bonds. The summed E-state index contributed by atoms with van der Waals surface area (Å²) in [5.41, 5.74) is 0. The molecule has 0 aromatic rings. The zero-order valence-electron chi connectivity index (χ0n) is 7.76. The Hall–Kier alpha value is 0.843. The minimum atomic E-state index is 0. The molecule has 0 saturated carbocycles. The van der Waals surface area contributed by atoms with Crippen LogP contribution in [0.15, 0.2) is 24.3 Å². The Kier molecular flexibility index (Phi) is 69.7. The molecule has 0 unspecified atom stereocenters. The van der Waals surface area contributed by atoms with Crippen molar-refractivity contribution in [3.63, 3.8) is 0 Å². The summed E-state index contributed by atoms with van der Waals surface area (Å²) in [6, 6.07) is 0. The van der Waals surface area contributed by atoms with Crippen LogP contribution in [-0.2, 0) is 31.9 Å². The van der Waals surface area contributed by atoms with E-state index in [0.29, 0.717) is 0 Å². The van der Waals surface area contributed by atoms with Gasteiger partial charge in [-0.2, -0.15) is 6.42 Å². The van der Waals surface area contributed by atoms with Gasteiger partial charge < -0.3 is 18.8 Å². The number of unbranched alkanes of at least 4 members (excludes halogenated alkanes) is 1. The molecular weight excluding hydrogens is 378 g/mol. The van der Waals surface area contributed by atoms with Gasteiger partial charge in [0.25, 0.3) is 0 Å². The summed E-state index contributed by atoms with van der Waals surface area (Å²) in [6.07, 6.45) is 10.3. The van der Waals surface area contributed by atoms with E-state index in [9.17, 15) is 0 Å². The Morgan fingerprint density at radius 3 is 2.15 bits per heavy atom. The average molecular weight is 391 g/mol. The molecule has 0 bridgehead atoms. The number of rotatable bonds is 3. The standard InChI is InChI=1S/C8H13.CN.Cu.HI.Zn/c1-3-5-7-8-6-4-2;1-2;;;/h4,6-8H,1,3,5H2,2H3;;;1H;/q2*-1;+1;;+2/p-1/b6-4+,8-7+;;;;. The van der Waals surface area contributed by atoms with Crippen LogP contribution in [0.5, 0.6) is 0 Å². The molecule has 74 valence electrons. The number of hydrogen-bond acceptors (Lipinski definition) is 1. The molecule has 0 rings (SSSR count). The Balaban J connectivity index is -0.0000000712. The second-order valence-electron chi connectivity index (χ2n) is 1.60. The van der Waals surface area contributed by atoms with Gasteiger partial charge in [-0.15, -0.1) is 0 Å². The quantitative estimate of drug-likeness (QED) is 0.312. The summed E-state index contributed by atoms with van der Waals surface area (Å²) >= 11 is 3.62. The monoisotopic (exact) mass is 389 g/mol. The summed E-state index contributed by atoms with van der Waals surface area (Å²) in [5.74, 6) is 0. The third kappa shape index (κ3) is 44.2. The van der Waals surface area contributed by atoms with Gasteiger partial charge in [0, 0.05) is 0 Å². The van der Waals surface area contributed by atoms with Crippen molar-refractivity contribution in [1.29, 1.82) is 5.26 Å². The SMILES string of the molecule is [C-]#N.[CH2-]CC/C=C/C=C/C.[Cu+].[Zn+][I]. The molecule has 0 heterocycles. The summed E-state index contributed by atoms with van der Waals surface area (Å²) in [4.78, 5) is 0. The first-order chi connectivity index (χ1) is 5.91. The van der Waals surface area contributed by atoms with E-state index in [2.05, 4.69) is 32.7 Å². The van der Waals surface area contributed by atoms with Crippen LogP contribution in [0.1, 0.15) is 19.8 Å². The fraction of sp³-hybridized carbons (Fsp3) is 0.333. The van der Waals surface area contributed by atoms with Crippen LogP contribution in [0.4, 0.5) is 0 Å². The van der Waals surface area contributed by atoms with Gasteiger partial charge in [-0.3, -0.25) is 0 Å². The van der Waals surface area contributed by atoms with E-state index < -0.39 is 0 Å². The Morgan fingerprint density at radius 1 is 1.38 bits per heavy atom. The van der Waals surface area contributed by atoms with Crippen LogP contribution in [0, 0.1) is 18.8 Å². The van der Waals surface area contributed by atoms with Crippen molar-refractivity contribution in [2.75, 3.05) is 0 Å². The van der Waals surface area contributed by atoms with Crippen molar-refractivity contribution in [2.24, 2.45) is 0 Å². The summed E-state index contributed by atoms with van der Waals surface area (Å²) in [5, 5.41) is 6.25. The van der Waals surface area contributed by atoms with Gasteiger partial charge in [-0.1, -0.05) is 30.7 Å². The van der Waals surface area contributed by atoms with Crippen LogP contribution in [0.2, 0.25) is 0 Å². The first-order valence-corrected chi connectivity index (χ1v) is 12.5. The maximum atomic E-state index is 6.25. The van der Waals surface area contributed by atoms with E-state index >= 15 is 0 Å². The second kappa shape index (κ2) is 38.5. The predicted octanol–water partition coefficient (Wildman–Crippen LogP) is 3.71. The molecular formula is C9H13CuINZn. The molecule has 0 fully saturated rings. The van der Waals surface area contributed by atoms with E-state index in [0.717, 1.165) is 12.8 Å². The van der Waals surface area contributed by atoms with Gasteiger partial charge in [0.1, 0.15) is 0 Å². The van der Waals surface area contributed by atoms with Gasteiger partial charge in [-0.05, 0) is 6.92 Å². The summed E-state index contributed by atoms with van der Waals surface area (Å²) in [6.45, 7) is 10.5. The van der Waals surface area contributed by atoms with Gasteiger partial charge in [0.2, 0.25) is 0 Å². The summed E-state index contributed by atoms with van der Waals surface area (Å²) in [7, 11) is 0. The zero-order valence-corrected chi connectivity index (χ0v) is 13.8. The van der Waals surface area contributed by atoms with Crippen LogP contribution in [0.3, 0.4) is 0 Å². The van der Waals surface area contributed by atoms with E-state index in [1.165, 1.54) is 14.8 Å². The zero-order chi connectivity index (χ0) is 10.2. The molecule has 0 aromatic heterocycles. The predicted molar refractivity (Wildman–Crippen MR) is 57.5 cm³/mol. The number of allylic oxidation sites excluding steroid dienone is 4. The van der Waals surface area contributed by atoms with Crippen LogP contribution >= 0.6 is 19.8 Å². The minimum absolute atomic E-state index is 0.